The van der Waals surface area contributed by atoms with Crippen LogP contribution in [0.25, 0.3) is 0 Å². The van der Waals surface area contributed by atoms with Crippen molar-refractivity contribution in [3.63, 3.8) is 0 Å². The first-order chi connectivity index (χ1) is 16.1. The van der Waals surface area contributed by atoms with E-state index in [2.05, 4.69) is 15.2 Å². The first-order valence-corrected chi connectivity index (χ1v) is 12.0. The van der Waals surface area contributed by atoms with Gasteiger partial charge in [0.15, 0.2) is 0 Å². The number of fused-ring (bicyclic) bond motifs is 4. The summed E-state index contributed by atoms with van der Waals surface area (Å²) in [6.07, 6.45) is 6.91. The summed E-state index contributed by atoms with van der Waals surface area (Å²) in [7, 11) is 0. The predicted molar refractivity (Wildman–Crippen MR) is 123 cm³/mol. The first-order valence-electron chi connectivity index (χ1n) is 12.0. The second kappa shape index (κ2) is 7.73. The Hall–Kier alpha value is -3.13. The fourth-order valence-corrected chi connectivity index (χ4v) is 6.56. The molecule has 0 saturated carbocycles. The first kappa shape index (κ1) is 20.5. The van der Waals surface area contributed by atoms with E-state index in [1.54, 1.807) is 23.4 Å². The van der Waals surface area contributed by atoms with Gasteiger partial charge in [0.25, 0.3) is 11.8 Å². The van der Waals surface area contributed by atoms with Crippen molar-refractivity contribution in [2.75, 3.05) is 37.6 Å². The minimum absolute atomic E-state index is 0.0112. The van der Waals surface area contributed by atoms with Gasteiger partial charge in [0.2, 0.25) is 5.91 Å². The highest BCUT2D eigenvalue weighted by atomic mass is 16.2. The largest absolute Gasteiger partial charge is 0.367 e. The van der Waals surface area contributed by atoms with Crippen molar-refractivity contribution in [2.45, 2.75) is 37.3 Å². The minimum Gasteiger partial charge on any atom is -0.367 e. The highest BCUT2D eigenvalue weighted by Crippen LogP contribution is 2.56. The summed E-state index contributed by atoms with van der Waals surface area (Å²) < 4.78 is 0. The number of aromatic nitrogens is 1. The molecule has 0 aliphatic carbocycles. The molecule has 5 heterocycles. The predicted octanol–water partition coefficient (Wildman–Crippen LogP) is 1.70. The van der Waals surface area contributed by atoms with E-state index in [0.29, 0.717) is 38.2 Å². The molecular formula is C25H29N5O3. The number of H-pyrrole nitrogens is 1. The van der Waals surface area contributed by atoms with E-state index in [9.17, 15) is 14.4 Å². The molecule has 4 aliphatic heterocycles. The Morgan fingerprint density at radius 3 is 2.76 bits per heavy atom. The van der Waals surface area contributed by atoms with Crippen molar-refractivity contribution in [3.05, 3.63) is 53.9 Å². The highest BCUT2D eigenvalue weighted by Gasteiger charge is 2.67. The zero-order valence-corrected chi connectivity index (χ0v) is 18.6. The smallest absolute Gasteiger partial charge is 0.255 e. The van der Waals surface area contributed by atoms with Gasteiger partial charge in [-0.3, -0.25) is 19.3 Å². The topological polar surface area (TPSA) is 88.7 Å². The second-order valence-corrected chi connectivity index (χ2v) is 9.55. The summed E-state index contributed by atoms with van der Waals surface area (Å²) in [4.78, 5) is 49.8. The molecule has 1 spiro atoms. The molecule has 3 amide bonds. The Morgan fingerprint density at radius 2 is 1.91 bits per heavy atom. The number of para-hydroxylation sites is 1. The van der Waals surface area contributed by atoms with Gasteiger partial charge in [-0.25, -0.2) is 0 Å². The number of carbonyl (C=O) groups is 3. The van der Waals surface area contributed by atoms with Gasteiger partial charge in [-0.05, 0) is 44.4 Å². The normalized spacial score (nSPS) is 29.7. The molecule has 0 unspecified atom stereocenters. The maximum Gasteiger partial charge on any atom is 0.255 e. The molecule has 3 fully saturated rings. The third-order valence-electron chi connectivity index (χ3n) is 7.97. The standard InChI is InChI=1S/C25H29N5O3/c31-22-20-15-18-5-3-12-30(18)25(20)19-6-1-2-7-21(19)29(24(25)33)14-13-28(11-4-9-27-22)23(32)17-8-10-26-16-17/h1-2,6-8,10,16,18,20,26H,3-5,9,11-15H2,(H,27,31)/t18-,20+,25+/m0/s1. The number of nitrogens with one attached hydrogen (secondary N) is 2. The van der Waals surface area contributed by atoms with Crippen molar-refractivity contribution in [2.24, 2.45) is 5.92 Å². The van der Waals surface area contributed by atoms with Crippen LogP contribution >= 0.6 is 0 Å². The number of anilines is 1. The summed E-state index contributed by atoms with van der Waals surface area (Å²) in [5, 5.41) is 3.10. The third-order valence-corrected chi connectivity index (χ3v) is 7.97. The summed E-state index contributed by atoms with van der Waals surface area (Å²) in [6, 6.07) is 9.95. The zero-order chi connectivity index (χ0) is 22.6. The maximum atomic E-state index is 14.3. The Morgan fingerprint density at radius 1 is 1.03 bits per heavy atom. The fraction of sp³-hybridized carbons (Fsp3) is 0.480. The van der Waals surface area contributed by atoms with E-state index in [-0.39, 0.29) is 23.8 Å². The Bertz CT molecular complexity index is 1100. The Kier molecular flexibility index (Phi) is 4.79. The average molecular weight is 448 g/mol. The minimum atomic E-state index is -0.934. The molecule has 2 aromatic rings. The van der Waals surface area contributed by atoms with Crippen LogP contribution < -0.4 is 10.2 Å². The lowest BCUT2D eigenvalue weighted by Crippen LogP contribution is -2.57. The molecule has 1 aromatic heterocycles. The Labute approximate surface area is 192 Å². The van der Waals surface area contributed by atoms with E-state index in [0.717, 1.165) is 37.1 Å². The molecule has 6 rings (SSSR count). The number of hydrogen-bond donors (Lipinski definition) is 2. The SMILES string of the molecule is O=C1NCCCN(C(=O)c2cc[nH]c2)CCN2C(=O)[C@@]3(c4ccccc42)[C@@H]1C[C@@H]1CCCN13. The molecule has 4 aliphatic rings. The van der Waals surface area contributed by atoms with E-state index >= 15 is 0 Å². The molecule has 3 saturated heterocycles. The number of amides is 3. The van der Waals surface area contributed by atoms with Crippen molar-refractivity contribution >= 4 is 23.4 Å². The molecule has 8 nitrogen and oxygen atoms in total. The van der Waals surface area contributed by atoms with Crippen molar-refractivity contribution < 1.29 is 14.4 Å². The lowest BCUT2D eigenvalue weighted by Gasteiger charge is -2.37. The molecule has 172 valence electrons. The molecule has 0 radical (unpaired) electrons. The lowest BCUT2D eigenvalue weighted by atomic mass is 9.78. The molecule has 1 aromatic carbocycles. The zero-order valence-electron chi connectivity index (χ0n) is 18.6. The van der Waals surface area contributed by atoms with Crippen LogP contribution in [0.4, 0.5) is 5.69 Å². The van der Waals surface area contributed by atoms with Gasteiger partial charge in [0.05, 0.1) is 11.5 Å². The van der Waals surface area contributed by atoms with Crippen LogP contribution in [0.3, 0.4) is 0 Å². The summed E-state index contributed by atoms with van der Waals surface area (Å²) in [6.45, 7) is 2.72. The van der Waals surface area contributed by atoms with Crippen LogP contribution in [0.2, 0.25) is 0 Å². The van der Waals surface area contributed by atoms with Crippen LogP contribution in [0.1, 0.15) is 41.6 Å². The molecule has 2 bridgehead atoms. The van der Waals surface area contributed by atoms with Gasteiger partial charge in [-0.1, -0.05) is 18.2 Å². The van der Waals surface area contributed by atoms with Crippen molar-refractivity contribution in [1.29, 1.82) is 0 Å². The van der Waals surface area contributed by atoms with E-state index in [1.807, 2.05) is 29.2 Å². The third kappa shape index (κ3) is 2.89. The van der Waals surface area contributed by atoms with Crippen LogP contribution in [-0.4, -0.2) is 71.3 Å². The molecule has 3 atom stereocenters. The van der Waals surface area contributed by atoms with Crippen molar-refractivity contribution in [3.8, 4) is 0 Å². The van der Waals surface area contributed by atoms with Gasteiger partial charge in [-0.15, -0.1) is 0 Å². The number of hydrogen-bond acceptors (Lipinski definition) is 4. The molecular weight excluding hydrogens is 418 g/mol. The summed E-state index contributed by atoms with van der Waals surface area (Å²) >= 11 is 0. The van der Waals surface area contributed by atoms with Crippen LogP contribution in [0.15, 0.2) is 42.7 Å². The van der Waals surface area contributed by atoms with Gasteiger partial charge in [-0.2, -0.15) is 0 Å². The van der Waals surface area contributed by atoms with E-state index in [1.165, 1.54) is 0 Å². The van der Waals surface area contributed by atoms with Gasteiger partial charge in [0.1, 0.15) is 5.54 Å². The number of rotatable bonds is 1. The van der Waals surface area contributed by atoms with E-state index < -0.39 is 11.5 Å². The van der Waals surface area contributed by atoms with E-state index in [4.69, 9.17) is 0 Å². The van der Waals surface area contributed by atoms with Gasteiger partial charge in [0, 0.05) is 55.9 Å². The van der Waals surface area contributed by atoms with Gasteiger partial charge < -0.3 is 20.1 Å². The van der Waals surface area contributed by atoms with Crippen LogP contribution in [0, 0.1) is 5.92 Å². The summed E-state index contributed by atoms with van der Waals surface area (Å²) in [5.41, 5.74) is 1.49. The van der Waals surface area contributed by atoms with Crippen LogP contribution in [0.5, 0.6) is 0 Å². The second-order valence-electron chi connectivity index (χ2n) is 9.55. The number of aromatic amines is 1. The molecule has 33 heavy (non-hydrogen) atoms. The Balaban J connectivity index is 1.42. The maximum absolute atomic E-state index is 14.3. The summed E-state index contributed by atoms with van der Waals surface area (Å²) in [5.74, 6) is -0.507. The van der Waals surface area contributed by atoms with Gasteiger partial charge >= 0.3 is 0 Å². The number of carbonyl (C=O) groups excluding carboxylic acids is 3. The number of nitrogens with zero attached hydrogens (tertiary/aromatic N) is 3. The fourth-order valence-electron chi connectivity index (χ4n) is 6.56. The highest BCUT2D eigenvalue weighted by molar-refractivity contribution is 6.11. The monoisotopic (exact) mass is 447 g/mol. The quantitative estimate of drug-likeness (QED) is 0.697. The molecule has 2 N–H and O–H groups in total. The number of benzene rings is 1. The van der Waals surface area contributed by atoms with Crippen molar-refractivity contribution in [1.82, 2.24) is 20.1 Å². The molecule has 8 heteroatoms. The average Bonchev–Trinajstić information content (AvgIpc) is 3.59. The lowest BCUT2D eigenvalue weighted by molar-refractivity contribution is -0.139. The van der Waals surface area contributed by atoms with Crippen LogP contribution in [-0.2, 0) is 15.1 Å².